The molecule has 1 aromatic heterocycles. The summed E-state index contributed by atoms with van der Waals surface area (Å²) < 4.78 is 5.63. The maximum atomic E-state index is 5.63. The minimum atomic E-state index is 0. The van der Waals surface area contributed by atoms with Crippen molar-refractivity contribution in [3.05, 3.63) is 53.2 Å². The fourth-order valence-electron chi connectivity index (χ4n) is 3.15. The second-order valence-corrected chi connectivity index (χ2v) is 6.65. The smallest absolute Gasteiger partial charge is 0.216 e. The molecule has 0 aliphatic rings. The average molecular weight is 484 g/mol. The summed E-state index contributed by atoms with van der Waals surface area (Å²) in [7, 11) is 0. The molecule has 0 unspecified atom stereocenters. The van der Waals surface area contributed by atoms with Crippen molar-refractivity contribution in [3.8, 4) is 0 Å². The number of hydrogen-bond acceptors (Lipinski definition) is 3. The molecule has 0 saturated carbocycles. The highest BCUT2D eigenvalue weighted by Gasteiger charge is 2.28. The number of hydrogen-bond donors (Lipinski definition) is 2. The molecule has 0 saturated heterocycles. The molecule has 0 bridgehead atoms. The van der Waals surface area contributed by atoms with Crippen LogP contribution in [0, 0.1) is 13.8 Å². The molecule has 150 valence electrons. The van der Waals surface area contributed by atoms with Crippen LogP contribution < -0.4 is 10.6 Å². The Kier molecular flexibility index (Phi) is 9.83. The van der Waals surface area contributed by atoms with Crippen LogP contribution >= 0.6 is 24.0 Å². The van der Waals surface area contributed by atoms with Crippen LogP contribution in [0.2, 0.25) is 0 Å². The quantitative estimate of drug-likeness (QED) is 0.323. The summed E-state index contributed by atoms with van der Waals surface area (Å²) in [6, 6.07) is 10.7. The standard InChI is InChI=1S/C21H32N4O.HI/c1-6-21(7-2,18-12-10-9-11-13-18)15-24-20(22-8-3)23-14-19-25-16(4)17(5)26-19;/h9-13H,6-8,14-15H2,1-5H3,(H2,22,23,24);1H. The number of aryl methyl sites for hydroxylation is 2. The van der Waals surface area contributed by atoms with Crippen molar-refractivity contribution in [3.63, 3.8) is 0 Å². The summed E-state index contributed by atoms with van der Waals surface area (Å²) in [4.78, 5) is 9.04. The Labute approximate surface area is 180 Å². The zero-order chi connectivity index (χ0) is 19.0. The van der Waals surface area contributed by atoms with Crippen LogP contribution in [-0.4, -0.2) is 24.0 Å². The largest absolute Gasteiger partial charge is 0.444 e. The molecule has 1 heterocycles. The van der Waals surface area contributed by atoms with Gasteiger partial charge in [-0.1, -0.05) is 44.2 Å². The topological polar surface area (TPSA) is 62.5 Å². The molecule has 0 aliphatic heterocycles. The molecule has 2 N–H and O–H groups in total. The van der Waals surface area contributed by atoms with Crippen LogP contribution in [0.3, 0.4) is 0 Å². The van der Waals surface area contributed by atoms with Crippen molar-refractivity contribution < 1.29 is 4.42 Å². The van der Waals surface area contributed by atoms with Crippen LogP contribution in [0.1, 0.15) is 56.5 Å². The molecule has 0 aliphatic carbocycles. The first kappa shape index (κ1) is 23.5. The predicted octanol–water partition coefficient (Wildman–Crippen LogP) is 4.72. The van der Waals surface area contributed by atoms with Gasteiger partial charge >= 0.3 is 0 Å². The molecular formula is C21H33IN4O. The van der Waals surface area contributed by atoms with Crippen molar-refractivity contribution in [1.82, 2.24) is 15.6 Å². The molecule has 0 fully saturated rings. The first-order chi connectivity index (χ1) is 12.5. The predicted molar refractivity (Wildman–Crippen MR) is 123 cm³/mol. The maximum Gasteiger partial charge on any atom is 0.216 e. The Hall–Kier alpha value is -1.57. The molecule has 6 heteroatoms. The van der Waals surface area contributed by atoms with Gasteiger partial charge in [-0.05, 0) is 39.2 Å². The van der Waals surface area contributed by atoms with Gasteiger partial charge in [-0.3, -0.25) is 0 Å². The third kappa shape index (κ3) is 6.23. The molecule has 2 rings (SSSR count). The molecule has 1 aromatic carbocycles. The monoisotopic (exact) mass is 484 g/mol. The summed E-state index contributed by atoms with van der Waals surface area (Å²) in [5, 5.41) is 6.84. The number of nitrogens with zero attached hydrogens (tertiary/aromatic N) is 2. The molecular weight excluding hydrogens is 451 g/mol. The molecule has 0 radical (unpaired) electrons. The fourth-order valence-corrected chi connectivity index (χ4v) is 3.15. The van der Waals surface area contributed by atoms with Crippen LogP contribution in [0.5, 0.6) is 0 Å². The van der Waals surface area contributed by atoms with Crippen LogP contribution in [0.25, 0.3) is 0 Å². The number of oxazole rings is 1. The molecule has 0 amide bonds. The zero-order valence-corrected chi connectivity index (χ0v) is 19.5. The van der Waals surface area contributed by atoms with Crippen molar-refractivity contribution in [2.45, 2.75) is 59.4 Å². The lowest BCUT2D eigenvalue weighted by molar-refractivity contribution is 0.389. The highest BCUT2D eigenvalue weighted by atomic mass is 127. The Morgan fingerprint density at radius 1 is 1.07 bits per heavy atom. The van der Waals surface area contributed by atoms with Crippen molar-refractivity contribution in [2.75, 3.05) is 13.1 Å². The fraction of sp³-hybridized carbons (Fsp3) is 0.524. The SMILES string of the molecule is CCNC(=NCc1nc(C)c(C)o1)NCC(CC)(CC)c1ccccc1.I. The van der Waals surface area contributed by atoms with E-state index < -0.39 is 0 Å². The lowest BCUT2D eigenvalue weighted by Gasteiger charge is -2.33. The van der Waals surface area contributed by atoms with Gasteiger partial charge in [0.05, 0.1) is 5.69 Å². The average Bonchev–Trinajstić information content (AvgIpc) is 2.99. The second-order valence-electron chi connectivity index (χ2n) is 6.65. The first-order valence-electron chi connectivity index (χ1n) is 9.55. The van der Waals surface area contributed by atoms with Gasteiger partial charge in [-0.15, -0.1) is 24.0 Å². The number of benzene rings is 1. The van der Waals surface area contributed by atoms with E-state index in [1.54, 1.807) is 0 Å². The number of nitrogens with one attached hydrogen (secondary N) is 2. The van der Waals surface area contributed by atoms with E-state index in [0.29, 0.717) is 12.4 Å². The van der Waals surface area contributed by atoms with Gasteiger partial charge in [0.15, 0.2) is 5.96 Å². The van der Waals surface area contributed by atoms with Gasteiger partial charge in [0.25, 0.3) is 0 Å². The normalized spacial score (nSPS) is 11.8. The molecule has 27 heavy (non-hydrogen) atoms. The van der Waals surface area contributed by atoms with Gasteiger partial charge in [-0.2, -0.15) is 0 Å². The Morgan fingerprint density at radius 2 is 1.74 bits per heavy atom. The minimum Gasteiger partial charge on any atom is -0.444 e. The maximum absolute atomic E-state index is 5.63. The summed E-state index contributed by atoms with van der Waals surface area (Å²) in [5.74, 6) is 2.30. The van der Waals surface area contributed by atoms with Crippen LogP contribution in [0.4, 0.5) is 0 Å². The Bertz CT molecular complexity index is 689. The summed E-state index contributed by atoms with van der Waals surface area (Å²) in [5.41, 5.74) is 2.38. The Morgan fingerprint density at radius 3 is 2.26 bits per heavy atom. The highest BCUT2D eigenvalue weighted by molar-refractivity contribution is 14.0. The third-order valence-corrected chi connectivity index (χ3v) is 5.12. The van der Waals surface area contributed by atoms with E-state index in [-0.39, 0.29) is 29.4 Å². The first-order valence-corrected chi connectivity index (χ1v) is 9.55. The van der Waals surface area contributed by atoms with E-state index in [9.17, 15) is 0 Å². The van der Waals surface area contributed by atoms with E-state index in [1.165, 1.54) is 5.56 Å². The zero-order valence-electron chi connectivity index (χ0n) is 17.1. The van der Waals surface area contributed by atoms with Gasteiger partial charge in [-0.25, -0.2) is 9.98 Å². The molecule has 5 nitrogen and oxygen atoms in total. The molecule has 0 atom stereocenters. The lowest BCUT2D eigenvalue weighted by Crippen LogP contribution is -2.45. The van der Waals surface area contributed by atoms with Crippen LogP contribution in [0.15, 0.2) is 39.7 Å². The minimum absolute atomic E-state index is 0. The molecule has 2 aromatic rings. The molecule has 0 spiro atoms. The van der Waals surface area contributed by atoms with E-state index in [1.807, 2.05) is 13.8 Å². The number of rotatable bonds is 8. The number of aliphatic imine (C=N–C) groups is 1. The summed E-state index contributed by atoms with van der Waals surface area (Å²) >= 11 is 0. The highest BCUT2D eigenvalue weighted by Crippen LogP contribution is 2.30. The van der Waals surface area contributed by atoms with Crippen molar-refractivity contribution >= 4 is 29.9 Å². The van der Waals surface area contributed by atoms with E-state index in [0.717, 1.165) is 43.3 Å². The lowest BCUT2D eigenvalue weighted by atomic mass is 9.76. The Balaban J connectivity index is 0.00000364. The second kappa shape index (κ2) is 11.3. The van der Waals surface area contributed by atoms with Crippen molar-refractivity contribution in [1.29, 1.82) is 0 Å². The number of halogens is 1. The van der Waals surface area contributed by atoms with Crippen molar-refractivity contribution in [2.24, 2.45) is 4.99 Å². The summed E-state index contributed by atoms with van der Waals surface area (Å²) in [6.07, 6.45) is 2.14. The number of guanidine groups is 1. The van der Waals surface area contributed by atoms with Gasteiger partial charge in [0, 0.05) is 18.5 Å². The van der Waals surface area contributed by atoms with Gasteiger partial charge < -0.3 is 15.1 Å². The van der Waals surface area contributed by atoms with Gasteiger partial charge in [0.1, 0.15) is 12.3 Å². The van der Waals surface area contributed by atoms with E-state index in [4.69, 9.17) is 4.42 Å². The summed E-state index contributed by atoms with van der Waals surface area (Å²) in [6.45, 7) is 12.5. The van der Waals surface area contributed by atoms with E-state index >= 15 is 0 Å². The third-order valence-electron chi connectivity index (χ3n) is 5.12. The van der Waals surface area contributed by atoms with E-state index in [2.05, 4.69) is 71.7 Å². The number of aromatic nitrogens is 1. The van der Waals surface area contributed by atoms with Crippen LogP contribution in [-0.2, 0) is 12.0 Å². The van der Waals surface area contributed by atoms with Gasteiger partial charge in [0.2, 0.25) is 5.89 Å².